The van der Waals surface area contributed by atoms with Gasteiger partial charge in [-0.1, -0.05) is 6.07 Å². The Morgan fingerprint density at radius 3 is 2.72 bits per heavy atom. The van der Waals surface area contributed by atoms with E-state index < -0.39 is 17.2 Å². The van der Waals surface area contributed by atoms with Crippen LogP contribution in [0, 0.1) is 6.92 Å². The van der Waals surface area contributed by atoms with Crippen molar-refractivity contribution in [2.24, 2.45) is 0 Å². The number of aryl methyl sites for hydroxylation is 1. The van der Waals surface area contributed by atoms with E-state index in [1.807, 2.05) is 6.92 Å². The summed E-state index contributed by atoms with van der Waals surface area (Å²) in [4.78, 5) is 29.0. The number of nitrogens with one attached hydrogen (secondary N) is 4. The SMILES string of the molecule is COc1ccc([C@H]2c3c(n[nH]c3C)Nc3[nH]c(=O)[nH]c(=O)c32)cc1O. The summed E-state index contributed by atoms with van der Waals surface area (Å²) < 4.78 is 5.08. The van der Waals surface area contributed by atoms with Gasteiger partial charge in [-0.25, -0.2) is 4.79 Å². The lowest BCUT2D eigenvalue weighted by Crippen LogP contribution is -2.31. The molecule has 5 N–H and O–H groups in total. The number of aromatic amines is 3. The van der Waals surface area contributed by atoms with Gasteiger partial charge in [-0.15, -0.1) is 0 Å². The van der Waals surface area contributed by atoms with E-state index in [4.69, 9.17) is 4.74 Å². The maximum absolute atomic E-state index is 12.5. The number of nitrogens with zero attached hydrogens (tertiary/aromatic N) is 1. The number of hydrogen-bond donors (Lipinski definition) is 5. The highest BCUT2D eigenvalue weighted by Crippen LogP contribution is 2.44. The predicted molar refractivity (Wildman–Crippen MR) is 89.9 cm³/mol. The zero-order chi connectivity index (χ0) is 17.7. The third-order valence-electron chi connectivity index (χ3n) is 4.33. The second-order valence-electron chi connectivity index (χ2n) is 5.80. The van der Waals surface area contributed by atoms with Crippen molar-refractivity contribution in [1.82, 2.24) is 20.2 Å². The number of phenolic OH excluding ortho intramolecular Hbond substituents is 1. The van der Waals surface area contributed by atoms with Crippen LogP contribution < -0.4 is 21.3 Å². The Hall–Kier alpha value is -3.49. The van der Waals surface area contributed by atoms with Gasteiger partial charge in [0, 0.05) is 17.2 Å². The molecule has 1 aliphatic heterocycles. The van der Waals surface area contributed by atoms with Crippen LogP contribution in [-0.4, -0.2) is 32.4 Å². The summed E-state index contributed by atoms with van der Waals surface area (Å²) in [7, 11) is 1.46. The molecule has 0 unspecified atom stereocenters. The van der Waals surface area contributed by atoms with Gasteiger partial charge in [0.1, 0.15) is 5.82 Å². The molecule has 0 aliphatic carbocycles. The van der Waals surface area contributed by atoms with Gasteiger partial charge >= 0.3 is 5.69 Å². The monoisotopic (exact) mass is 341 g/mol. The first-order chi connectivity index (χ1) is 12.0. The van der Waals surface area contributed by atoms with Crippen LogP contribution in [0.1, 0.15) is 28.3 Å². The van der Waals surface area contributed by atoms with Crippen LogP contribution in [0.3, 0.4) is 0 Å². The molecule has 0 spiro atoms. The fourth-order valence-electron chi connectivity index (χ4n) is 3.24. The van der Waals surface area contributed by atoms with Crippen LogP contribution >= 0.6 is 0 Å². The second-order valence-corrected chi connectivity index (χ2v) is 5.80. The minimum Gasteiger partial charge on any atom is -0.504 e. The van der Waals surface area contributed by atoms with E-state index in [-0.39, 0.29) is 11.6 Å². The number of hydrogen-bond acceptors (Lipinski definition) is 6. The van der Waals surface area contributed by atoms with Gasteiger partial charge in [0.2, 0.25) is 0 Å². The lowest BCUT2D eigenvalue weighted by Gasteiger charge is -2.25. The normalized spacial score (nSPS) is 15.2. The number of methoxy groups -OCH3 is 1. The fourth-order valence-corrected chi connectivity index (χ4v) is 3.24. The van der Waals surface area contributed by atoms with Gasteiger partial charge in [-0.2, -0.15) is 5.10 Å². The van der Waals surface area contributed by atoms with Crippen LogP contribution in [-0.2, 0) is 0 Å². The summed E-state index contributed by atoms with van der Waals surface area (Å²) >= 11 is 0. The van der Waals surface area contributed by atoms with Gasteiger partial charge in [-0.3, -0.25) is 19.9 Å². The number of ether oxygens (including phenoxy) is 1. The summed E-state index contributed by atoms with van der Waals surface area (Å²) in [6.45, 7) is 1.84. The molecule has 1 aliphatic rings. The number of fused-ring (bicyclic) bond motifs is 2. The van der Waals surface area contributed by atoms with E-state index in [0.29, 0.717) is 22.7 Å². The first-order valence-electron chi connectivity index (χ1n) is 7.55. The zero-order valence-electron chi connectivity index (χ0n) is 13.4. The number of phenols is 1. The number of aromatic hydroxyl groups is 1. The minimum atomic E-state index is -0.608. The highest BCUT2D eigenvalue weighted by molar-refractivity contribution is 5.71. The summed E-state index contributed by atoms with van der Waals surface area (Å²) in [5, 5.41) is 20.2. The Balaban J connectivity index is 2.02. The molecule has 9 nitrogen and oxygen atoms in total. The summed E-state index contributed by atoms with van der Waals surface area (Å²) in [6, 6.07) is 4.93. The van der Waals surface area contributed by atoms with Crippen LogP contribution in [0.5, 0.6) is 11.5 Å². The zero-order valence-corrected chi connectivity index (χ0v) is 13.4. The van der Waals surface area contributed by atoms with Crippen molar-refractivity contribution in [3.05, 3.63) is 61.4 Å². The summed E-state index contributed by atoms with van der Waals surface area (Å²) in [5.41, 5.74) is 1.46. The molecule has 128 valence electrons. The Bertz CT molecular complexity index is 1090. The Morgan fingerprint density at radius 1 is 1.20 bits per heavy atom. The van der Waals surface area contributed by atoms with Gasteiger partial charge in [0.25, 0.3) is 5.56 Å². The first kappa shape index (κ1) is 15.1. The van der Waals surface area contributed by atoms with Crippen molar-refractivity contribution < 1.29 is 9.84 Å². The van der Waals surface area contributed by atoms with Crippen molar-refractivity contribution in [2.75, 3.05) is 12.4 Å². The molecular weight excluding hydrogens is 326 g/mol. The molecule has 1 atom stereocenters. The van der Waals surface area contributed by atoms with Crippen LogP contribution in [0.15, 0.2) is 27.8 Å². The van der Waals surface area contributed by atoms with Crippen molar-refractivity contribution in [1.29, 1.82) is 0 Å². The molecule has 4 rings (SSSR count). The van der Waals surface area contributed by atoms with Crippen LogP contribution in [0.4, 0.5) is 11.6 Å². The van der Waals surface area contributed by atoms with E-state index in [1.165, 1.54) is 7.11 Å². The van der Waals surface area contributed by atoms with Crippen LogP contribution in [0.2, 0.25) is 0 Å². The van der Waals surface area contributed by atoms with E-state index >= 15 is 0 Å². The molecule has 0 radical (unpaired) electrons. The van der Waals surface area contributed by atoms with E-state index in [1.54, 1.807) is 18.2 Å². The number of benzene rings is 1. The molecular formula is C16H15N5O4. The van der Waals surface area contributed by atoms with Crippen molar-refractivity contribution in [3.63, 3.8) is 0 Å². The van der Waals surface area contributed by atoms with Gasteiger partial charge < -0.3 is 15.2 Å². The highest BCUT2D eigenvalue weighted by Gasteiger charge is 2.34. The minimum absolute atomic E-state index is 0.0383. The molecule has 0 amide bonds. The van der Waals surface area contributed by atoms with Gasteiger partial charge in [0.05, 0.1) is 12.7 Å². The van der Waals surface area contributed by atoms with Crippen LogP contribution in [0.25, 0.3) is 0 Å². The second kappa shape index (κ2) is 5.26. The number of rotatable bonds is 2. The third-order valence-corrected chi connectivity index (χ3v) is 4.33. The predicted octanol–water partition coefficient (Wildman–Crippen LogP) is 1.05. The molecule has 0 fully saturated rings. The molecule has 25 heavy (non-hydrogen) atoms. The Morgan fingerprint density at radius 2 is 2.00 bits per heavy atom. The quantitative estimate of drug-likeness (QED) is 0.370. The average Bonchev–Trinajstić information content (AvgIpc) is 2.93. The maximum atomic E-state index is 12.5. The number of H-pyrrole nitrogens is 3. The smallest absolute Gasteiger partial charge is 0.327 e. The summed E-state index contributed by atoms with van der Waals surface area (Å²) in [5.74, 6) is 0.586. The molecule has 1 aromatic carbocycles. The molecule has 3 heterocycles. The summed E-state index contributed by atoms with van der Waals surface area (Å²) in [6.07, 6.45) is 0. The van der Waals surface area contributed by atoms with E-state index in [0.717, 1.165) is 11.3 Å². The number of aromatic nitrogens is 4. The van der Waals surface area contributed by atoms with Crippen molar-refractivity contribution in [2.45, 2.75) is 12.8 Å². The first-order valence-corrected chi connectivity index (χ1v) is 7.55. The molecule has 0 saturated carbocycles. The topological polar surface area (TPSA) is 136 Å². The van der Waals surface area contributed by atoms with Crippen molar-refractivity contribution in [3.8, 4) is 11.5 Å². The molecule has 3 aromatic rings. The average molecular weight is 341 g/mol. The van der Waals surface area contributed by atoms with E-state index in [2.05, 4.69) is 25.5 Å². The highest BCUT2D eigenvalue weighted by atomic mass is 16.5. The Labute approximate surface area is 140 Å². The maximum Gasteiger partial charge on any atom is 0.327 e. The standard InChI is InChI=1S/C16H15N5O4/c1-6-10-11(7-3-4-9(25-2)8(22)5-7)12-13(17-14(10)21-20-6)18-16(24)19-15(12)23/h3-5,11,22H,1-2H3,(H4,17,18,19,20,21,23,24)/t11-/m0/s1. The lowest BCUT2D eigenvalue weighted by molar-refractivity contribution is 0.373. The largest absolute Gasteiger partial charge is 0.504 e. The molecule has 0 bridgehead atoms. The van der Waals surface area contributed by atoms with Gasteiger partial charge in [0.15, 0.2) is 17.3 Å². The lowest BCUT2D eigenvalue weighted by atomic mass is 9.83. The third kappa shape index (κ3) is 2.20. The Kier molecular flexibility index (Phi) is 3.17. The van der Waals surface area contributed by atoms with Crippen molar-refractivity contribution >= 4 is 11.6 Å². The molecule has 9 heteroatoms. The molecule has 0 saturated heterocycles. The fraction of sp³-hybridized carbons (Fsp3) is 0.188. The number of anilines is 2. The van der Waals surface area contributed by atoms with E-state index in [9.17, 15) is 14.7 Å². The van der Waals surface area contributed by atoms with Gasteiger partial charge in [-0.05, 0) is 24.6 Å². The molecule has 2 aromatic heterocycles.